The molecule has 2 aromatic carbocycles. The summed E-state index contributed by atoms with van der Waals surface area (Å²) in [7, 11) is 1.52. The van der Waals surface area contributed by atoms with Crippen molar-refractivity contribution < 1.29 is 29.0 Å². The summed E-state index contributed by atoms with van der Waals surface area (Å²) in [4.78, 5) is 38.7. The number of carbonyl (C=O) groups is 3. The summed E-state index contributed by atoms with van der Waals surface area (Å²) in [5.74, 6) is -2.19. The minimum atomic E-state index is -0.962. The fraction of sp³-hybridized carbons (Fsp3) is 0.227. The van der Waals surface area contributed by atoms with Crippen molar-refractivity contribution in [2.75, 3.05) is 20.3 Å². The zero-order valence-electron chi connectivity index (χ0n) is 16.4. The molecule has 1 fully saturated rings. The first-order valence-corrected chi connectivity index (χ1v) is 9.59. The van der Waals surface area contributed by atoms with E-state index in [-0.39, 0.29) is 17.9 Å². The van der Waals surface area contributed by atoms with Crippen molar-refractivity contribution in [1.29, 1.82) is 0 Å². The highest BCUT2D eigenvalue weighted by Crippen LogP contribution is 2.39. The number of carbonyl (C=O) groups excluding carboxylic acids is 3. The van der Waals surface area contributed by atoms with Crippen LogP contribution in [0.5, 0.6) is 5.75 Å². The summed E-state index contributed by atoms with van der Waals surface area (Å²) in [5, 5.41) is 11.3. The second kappa shape index (κ2) is 9.00. The predicted molar refractivity (Wildman–Crippen MR) is 110 cm³/mol. The molecule has 0 spiro atoms. The number of aliphatic hydroxyl groups excluding tert-OH is 1. The van der Waals surface area contributed by atoms with Gasteiger partial charge in [-0.25, -0.2) is 0 Å². The number of likely N-dealkylation sites (tertiary alicyclic amines) is 1. The molecule has 8 heteroatoms. The molecule has 0 bridgehead atoms. The Hall–Kier alpha value is -3.32. The number of ether oxygens (including phenoxy) is 2. The normalized spacial score (nSPS) is 17.8. The van der Waals surface area contributed by atoms with Crippen LogP contribution in [-0.2, 0) is 19.1 Å². The third-order valence-corrected chi connectivity index (χ3v) is 4.95. The molecule has 1 amide bonds. The van der Waals surface area contributed by atoms with Crippen LogP contribution in [0, 0.1) is 0 Å². The van der Waals surface area contributed by atoms with Gasteiger partial charge in [-0.1, -0.05) is 23.7 Å². The number of Topliss-reactive ketones (excluding diaryl/α,β-unsaturated/α-hetero) is 1. The Kier molecular flexibility index (Phi) is 6.42. The summed E-state index contributed by atoms with van der Waals surface area (Å²) < 4.78 is 10.1. The number of esters is 1. The number of amides is 1. The fourth-order valence-electron chi connectivity index (χ4n) is 3.28. The number of methoxy groups -OCH3 is 1. The van der Waals surface area contributed by atoms with Crippen molar-refractivity contribution in [2.24, 2.45) is 0 Å². The molecule has 1 saturated heterocycles. The number of rotatable bonds is 6. The molecular weight excluding hydrogens is 410 g/mol. The van der Waals surface area contributed by atoms with Crippen LogP contribution in [0.4, 0.5) is 0 Å². The first-order chi connectivity index (χ1) is 14.4. The van der Waals surface area contributed by atoms with E-state index in [1.807, 2.05) is 0 Å². The molecule has 0 radical (unpaired) electrons. The third-order valence-electron chi connectivity index (χ3n) is 4.69. The van der Waals surface area contributed by atoms with Gasteiger partial charge in [0, 0.05) is 10.6 Å². The molecule has 156 valence electrons. The molecule has 0 aromatic heterocycles. The predicted octanol–water partition coefficient (Wildman–Crippen LogP) is 3.33. The first-order valence-electron chi connectivity index (χ1n) is 9.21. The number of aliphatic hydroxyl groups is 1. The Morgan fingerprint density at radius 1 is 1.10 bits per heavy atom. The average molecular weight is 430 g/mol. The molecule has 1 atom stereocenters. The Bertz CT molecular complexity index is 997. The van der Waals surface area contributed by atoms with Gasteiger partial charge in [-0.2, -0.15) is 0 Å². The van der Waals surface area contributed by atoms with Gasteiger partial charge in [-0.05, 0) is 48.9 Å². The van der Waals surface area contributed by atoms with Crippen molar-refractivity contribution in [1.82, 2.24) is 4.90 Å². The molecule has 2 aromatic rings. The van der Waals surface area contributed by atoms with Gasteiger partial charge in [0.1, 0.15) is 18.1 Å². The quantitative estimate of drug-likeness (QED) is 0.327. The fourth-order valence-corrected chi connectivity index (χ4v) is 3.41. The van der Waals surface area contributed by atoms with E-state index in [1.54, 1.807) is 55.5 Å². The molecule has 1 heterocycles. The summed E-state index contributed by atoms with van der Waals surface area (Å²) in [6, 6.07) is 11.9. The number of ketones is 1. The van der Waals surface area contributed by atoms with E-state index in [0.29, 0.717) is 21.9 Å². The van der Waals surface area contributed by atoms with E-state index in [4.69, 9.17) is 21.1 Å². The number of halogens is 1. The van der Waals surface area contributed by atoms with Crippen molar-refractivity contribution >= 4 is 35.0 Å². The molecule has 1 aliphatic heterocycles. The van der Waals surface area contributed by atoms with E-state index in [1.165, 1.54) is 7.11 Å². The van der Waals surface area contributed by atoms with E-state index >= 15 is 0 Å². The van der Waals surface area contributed by atoms with Gasteiger partial charge in [0.2, 0.25) is 0 Å². The number of hydrogen-bond donors (Lipinski definition) is 1. The molecular formula is C22H20ClNO6. The van der Waals surface area contributed by atoms with Crippen LogP contribution >= 0.6 is 11.6 Å². The van der Waals surface area contributed by atoms with E-state index < -0.39 is 30.2 Å². The molecule has 1 N–H and O–H groups in total. The van der Waals surface area contributed by atoms with Gasteiger partial charge in [0.25, 0.3) is 11.7 Å². The van der Waals surface area contributed by atoms with Gasteiger partial charge in [-0.15, -0.1) is 0 Å². The Morgan fingerprint density at radius 3 is 2.30 bits per heavy atom. The van der Waals surface area contributed by atoms with Crippen molar-refractivity contribution in [3.8, 4) is 5.75 Å². The maximum absolute atomic E-state index is 12.8. The monoisotopic (exact) mass is 429 g/mol. The molecule has 7 nitrogen and oxygen atoms in total. The lowest BCUT2D eigenvalue weighted by molar-refractivity contribution is -0.149. The number of benzene rings is 2. The van der Waals surface area contributed by atoms with Crippen LogP contribution < -0.4 is 4.74 Å². The van der Waals surface area contributed by atoms with Crippen LogP contribution in [0.15, 0.2) is 54.1 Å². The molecule has 0 saturated carbocycles. The molecule has 0 aliphatic carbocycles. The lowest BCUT2D eigenvalue weighted by atomic mass is 9.95. The molecule has 1 unspecified atom stereocenters. The van der Waals surface area contributed by atoms with Gasteiger partial charge >= 0.3 is 5.97 Å². The highest BCUT2D eigenvalue weighted by atomic mass is 35.5. The van der Waals surface area contributed by atoms with Crippen LogP contribution in [0.2, 0.25) is 5.02 Å². The second-order valence-electron chi connectivity index (χ2n) is 6.51. The Balaban J connectivity index is 2.13. The number of hydrogen-bond acceptors (Lipinski definition) is 6. The lowest BCUT2D eigenvalue weighted by Crippen LogP contribution is -2.35. The van der Waals surface area contributed by atoms with Gasteiger partial charge < -0.3 is 19.5 Å². The van der Waals surface area contributed by atoms with Crippen LogP contribution in [0.1, 0.15) is 24.1 Å². The summed E-state index contributed by atoms with van der Waals surface area (Å²) in [6.45, 7) is 1.36. The largest absolute Gasteiger partial charge is 0.507 e. The Labute approximate surface area is 178 Å². The van der Waals surface area contributed by atoms with Gasteiger partial charge in [0.15, 0.2) is 0 Å². The Morgan fingerprint density at radius 2 is 1.73 bits per heavy atom. The molecule has 3 rings (SSSR count). The van der Waals surface area contributed by atoms with E-state index in [9.17, 15) is 19.5 Å². The van der Waals surface area contributed by atoms with Gasteiger partial charge in [-0.3, -0.25) is 14.4 Å². The zero-order valence-corrected chi connectivity index (χ0v) is 17.2. The minimum Gasteiger partial charge on any atom is -0.507 e. The highest BCUT2D eigenvalue weighted by Gasteiger charge is 2.47. The van der Waals surface area contributed by atoms with Crippen LogP contribution in [-0.4, -0.2) is 47.9 Å². The van der Waals surface area contributed by atoms with E-state index in [2.05, 4.69) is 0 Å². The second-order valence-corrected chi connectivity index (χ2v) is 6.95. The lowest BCUT2D eigenvalue weighted by Gasteiger charge is -2.24. The molecule has 1 aliphatic rings. The summed E-state index contributed by atoms with van der Waals surface area (Å²) >= 11 is 5.90. The van der Waals surface area contributed by atoms with Crippen molar-refractivity contribution in [3.63, 3.8) is 0 Å². The summed E-state index contributed by atoms with van der Waals surface area (Å²) in [5.41, 5.74) is 0.749. The zero-order chi connectivity index (χ0) is 21.8. The van der Waals surface area contributed by atoms with Crippen LogP contribution in [0.3, 0.4) is 0 Å². The number of nitrogens with zero attached hydrogens (tertiary/aromatic N) is 1. The van der Waals surface area contributed by atoms with Gasteiger partial charge in [0.05, 0.1) is 25.3 Å². The standard InChI is InChI=1S/C22H20ClNO6/c1-3-30-17(25)12-24-19(13-6-10-16(29-2)11-7-13)18(21(27)22(24)28)20(26)14-4-8-15(23)9-5-14/h4-11,19,26H,3,12H2,1-2H3. The van der Waals surface area contributed by atoms with E-state index in [0.717, 1.165) is 4.90 Å². The minimum absolute atomic E-state index is 0.114. The maximum Gasteiger partial charge on any atom is 0.325 e. The van der Waals surface area contributed by atoms with Crippen molar-refractivity contribution in [3.05, 3.63) is 70.3 Å². The third kappa shape index (κ3) is 4.16. The molecule has 30 heavy (non-hydrogen) atoms. The summed E-state index contributed by atoms with van der Waals surface area (Å²) in [6.07, 6.45) is 0. The smallest absolute Gasteiger partial charge is 0.325 e. The maximum atomic E-state index is 12.8. The van der Waals surface area contributed by atoms with Crippen LogP contribution in [0.25, 0.3) is 5.76 Å². The highest BCUT2D eigenvalue weighted by molar-refractivity contribution is 6.46. The topological polar surface area (TPSA) is 93.1 Å². The average Bonchev–Trinajstić information content (AvgIpc) is 2.99. The van der Waals surface area contributed by atoms with Crippen molar-refractivity contribution in [2.45, 2.75) is 13.0 Å². The SMILES string of the molecule is CCOC(=O)CN1C(=O)C(=O)C(=C(O)c2ccc(Cl)cc2)C1c1ccc(OC)cc1. The first kappa shape index (κ1) is 21.4.